The Bertz CT molecular complexity index is 825. The van der Waals surface area contributed by atoms with Gasteiger partial charge in [-0.05, 0) is 67.6 Å². The molecule has 4 nitrogen and oxygen atoms in total. The van der Waals surface area contributed by atoms with Crippen LogP contribution in [0.5, 0.6) is 0 Å². The van der Waals surface area contributed by atoms with E-state index in [9.17, 15) is 13.2 Å². The Hall–Kier alpha value is -2.09. The molecule has 1 aliphatic rings. The van der Waals surface area contributed by atoms with Crippen LogP contribution in [0.1, 0.15) is 68.3 Å². The molecule has 1 unspecified atom stereocenters. The van der Waals surface area contributed by atoms with Gasteiger partial charge in [-0.15, -0.1) is 0 Å². The van der Waals surface area contributed by atoms with Crippen molar-refractivity contribution < 1.29 is 13.2 Å². The zero-order chi connectivity index (χ0) is 21.0. The standard InChI is InChI=1S/C21H27F3N4S/c1-3-14(2)15-7-9-17(10-8-15)26-20(29)25-11-4-12-28-18(16-5-6-16)13-19(27-28)21(22,23)24/h7-10,13-14,16H,3-6,11-12H2,1-2H3,(H2,25,26,29). The number of aryl methyl sites for hydroxylation is 1. The van der Waals surface area contributed by atoms with Crippen molar-refractivity contribution in [1.29, 1.82) is 0 Å². The molecule has 3 rings (SSSR count). The lowest BCUT2D eigenvalue weighted by Crippen LogP contribution is -2.30. The van der Waals surface area contributed by atoms with E-state index < -0.39 is 11.9 Å². The van der Waals surface area contributed by atoms with E-state index in [1.54, 1.807) is 0 Å². The van der Waals surface area contributed by atoms with E-state index in [1.165, 1.54) is 16.3 Å². The fraction of sp³-hybridized carbons (Fsp3) is 0.524. The Balaban J connectivity index is 1.46. The molecule has 0 spiro atoms. The number of rotatable bonds is 8. The molecule has 2 N–H and O–H groups in total. The second-order valence-corrected chi connectivity index (χ2v) is 8.02. The van der Waals surface area contributed by atoms with E-state index in [0.717, 1.165) is 24.9 Å². The van der Waals surface area contributed by atoms with Crippen molar-refractivity contribution in [3.05, 3.63) is 47.3 Å². The molecule has 2 aromatic rings. The summed E-state index contributed by atoms with van der Waals surface area (Å²) in [6, 6.07) is 9.38. The Labute approximate surface area is 174 Å². The average molecular weight is 425 g/mol. The highest BCUT2D eigenvalue weighted by molar-refractivity contribution is 7.80. The van der Waals surface area contributed by atoms with Gasteiger partial charge in [0.1, 0.15) is 0 Å². The largest absolute Gasteiger partial charge is 0.435 e. The van der Waals surface area contributed by atoms with E-state index in [4.69, 9.17) is 12.2 Å². The highest BCUT2D eigenvalue weighted by Gasteiger charge is 2.37. The highest BCUT2D eigenvalue weighted by atomic mass is 32.1. The maximum atomic E-state index is 12.9. The summed E-state index contributed by atoms with van der Waals surface area (Å²) in [5, 5.41) is 10.5. The average Bonchev–Trinajstić information content (AvgIpc) is 3.43. The van der Waals surface area contributed by atoms with Crippen LogP contribution in [0, 0.1) is 0 Å². The summed E-state index contributed by atoms with van der Waals surface area (Å²) in [7, 11) is 0. The quantitative estimate of drug-likeness (QED) is 0.423. The summed E-state index contributed by atoms with van der Waals surface area (Å²) in [4.78, 5) is 0. The zero-order valence-electron chi connectivity index (χ0n) is 16.7. The van der Waals surface area contributed by atoms with Crippen molar-refractivity contribution in [2.45, 2.75) is 64.1 Å². The molecule has 1 saturated carbocycles. The summed E-state index contributed by atoms with van der Waals surface area (Å²) < 4.78 is 40.3. The molecule has 0 bridgehead atoms. The molecule has 1 aromatic carbocycles. The predicted molar refractivity (Wildman–Crippen MR) is 113 cm³/mol. The van der Waals surface area contributed by atoms with Gasteiger partial charge in [-0.25, -0.2) is 0 Å². The van der Waals surface area contributed by atoms with Gasteiger partial charge in [0.05, 0.1) is 0 Å². The van der Waals surface area contributed by atoms with Gasteiger partial charge in [-0.1, -0.05) is 26.0 Å². The van der Waals surface area contributed by atoms with E-state index >= 15 is 0 Å². The summed E-state index contributed by atoms with van der Waals surface area (Å²) in [5.41, 5.74) is 2.10. The summed E-state index contributed by atoms with van der Waals surface area (Å²) in [5.74, 6) is 0.738. The SMILES string of the molecule is CCC(C)c1ccc(NC(=S)NCCCn2nc(C(F)(F)F)cc2C2CC2)cc1. The van der Waals surface area contributed by atoms with E-state index in [-0.39, 0.29) is 5.92 Å². The molecular weight excluding hydrogens is 397 g/mol. The van der Waals surface area contributed by atoms with E-state index in [1.807, 2.05) is 12.1 Å². The number of nitrogens with zero attached hydrogens (tertiary/aromatic N) is 2. The van der Waals surface area contributed by atoms with Gasteiger partial charge in [-0.2, -0.15) is 18.3 Å². The van der Waals surface area contributed by atoms with Gasteiger partial charge in [0.25, 0.3) is 0 Å². The Morgan fingerprint density at radius 1 is 1.28 bits per heavy atom. The minimum absolute atomic E-state index is 0.215. The number of hydrogen-bond acceptors (Lipinski definition) is 2. The lowest BCUT2D eigenvalue weighted by atomic mass is 9.99. The summed E-state index contributed by atoms with van der Waals surface area (Å²) >= 11 is 5.31. The Kier molecular flexibility index (Phi) is 6.82. The maximum Gasteiger partial charge on any atom is 0.435 e. The molecule has 1 heterocycles. The number of thiocarbonyl (C=S) groups is 1. The van der Waals surface area contributed by atoms with Crippen LogP contribution >= 0.6 is 12.2 Å². The predicted octanol–water partition coefficient (Wildman–Crippen LogP) is 5.67. The van der Waals surface area contributed by atoms with Gasteiger partial charge in [0, 0.05) is 30.4 Å². The van der Waals surface area contributed by atoms with Crippen LogP contribution in [-0.4, -0.2) is 21.4 Å². The minimum Gasteiger partial charge on any atom is -0.362 e. The maximum absolute atomic E-state index is 12.9. The van der Waals surface area contributed by atoms with Crippen molar-refractivity contribution in [2.24, 2.45) is 0 Å². The molecule has 0 saturated heterocycles. The monoisotopic (exact) mass is 424 g/mol. The fourth-order valence-corrected chi connectivity index (χ4v) is 3.41. The first-order chi connectivity index (χ1) is 13.8. The molecule has 1 atom stereocenters. The smallest absolute Gasteiger partial charge is 0.362 e. The van der Waals surface area contributed by atoms with Crippen molar-refractivity contribution >= 4 is 23.0 Å². The number of benzene rings is 1. The number of nitrogens with one attached hydrogen (secondary N) is 2. The minimum atomic E-state index is -4.40. The molecule has 8 heteroatoms. The number of halogens is 3. The normalized spacial score (nSPS) is 15.2. The second kappa shape index (κ2) is 9.15. The number of anilines is 1. The third-order valence-corrected chi connectivity index (χ3v) is 5.53. The van der Waals surface area contributed by atoms with Crippen LogP contribution in [0.4, 0.5) is 18.9 Å². The molecule has 0 radical (unpaired) electrons. The first kappa shape index (κ1) is 21.6. The Morgan fingerprint density at radius 2 is 1.97 bits per heavy atom. The Morgan fingerprint density at radius 3 is 2.55 bits per heavy atom. The van der Waals surface area contributed by atoms with Crippen LogP contribution in [0.2, 0.25) is 0 Å². The summed E-state index contributed by atoms with van der Waals surface area (Å²) in [6.07, 6.45) is -0.803. The van der Waals surface area contributed by atoms with Crippen molar-refractivity contribution in [1.82, 2.24) is 15.1 Å². The van der Waals surface area contributed by atoms with Crippen molar-refractivity contribution in [3.63, 3.8) is 0 Å². The molecule has 1 fully saturated rings. The zero-order valence-corrected chi connectivity index (χ0v) is 17.5. The molecule has 0 amide bonds. The molecule has 29 heavy (non-hydrogen) atoms. The molecule has 158 valence electrons. The van der Waals surface area contributed by atoms with Crippen LogP contribution < -0.4 is 10.6 Å². The van der Waals surface area contributed by atoms with Gasteiger partial charge in [0.15, 0.2) is 10.8 Å². The van der Waals surface area contributed by atoms with E-state index in [0.29, 0.717) is 36.2 Å². The van der Waals surface area contributed by atoms with Gasteiger partial charge < -0.3 is 10.6 Å². The first-order valence-corrected chi connectivity index (χ1v) is 10.5. The van der Waals surface area contributed by atoms with Crippen LogP contribution in [0.15, 0.2) is 30.3 Å². The lowest BCUT2D eigenvalue weighted by Gasteiger charge is -2.13. The fourth-order valence-electron chi connectivity index (χ4n) is 3.19. The van der Waals surface area contributed by atoms with Crippen LogP contribution in [0.3, 0.4) is 0 Å². The number of alkyl halides is 3. The van der Waals surface area contributed by atoms with E-state index in [2.05, 4.69) is 41.7 Å². The third kappa shape index (κ3) is 5.95. The molecule has 1 aliphatic carbocycles. The summed E-state index contributed by atoms with van der Waals surface area (Å²) in [6.45, 7) is 5.35. The second-order valence-electron chi connectivity index (χ2n) is 7.62. The molecule has 0 aliphatic heterocycles. The molecule has 1 aromatic heterocycles. The van der Waals surface area contributed by atoms with Crippen LogP contribution in [0.25, 0.3) is 0 Å². The molecular formula is C21H27F3N4S. The first-order valence-electron chi connectivity index (χ1n) is 10.1. The number of aromatic nitrogens is 2. The van der Waals surface area contributed by atoms with Crippen molar-refractivity contribution in [2.75, 3.05) is 11.9 Å². The number of hydrogen-bond donors (Lipinski definition) is 2. The highest BCUT2D eigenvalue weighted by Crippen LogP contribution is 2.42. The van der Waals surface area contributed by atoms with Gasteiger partial charge in [-0.3, -0.25) is 4.68 Å². The van der Waals surface area contributed by atoms with Gasteiger partial charge >= 0.3 is 6.18 Å². The third-order valence-electron chi connectivity index (χ3n) is 5.28. The van der Waals surface area contributed by atoms with Gasteiger partial charge in [0.2, 0.25) is 0 Å². The van der Waals surface area contributed by atoms with Crippen molar-refractivity contribution in [3.8, 4) is 0 Å². The lowest BCUT2D eigenvalue weighted by molar-refractivity contribution is -0.141. The topological polar surface area (TPSA) is 41.9 Å². The van der Waals surface area contributed by atoms with Crippen LogP contribution in [-0.2, 0) is 12.7 Å².